The maximum absolute atomic E-state index is 5.89. The van der Waals surface area contributed by atoms with Crippen molar-refractivity contribution in [2.75, 3.05) is 0 Å². The van der Waals surface area contributed by atoms with E-state index in [0.29, 0.717) is 16.6 Å². The predicted molar refractivity (Wildman–Crippen MR) is 75.6 cm³/mol. The first kappa shape index (κ1) is 11.6. The van der Waals surface area contributed by atoms with Crippen LogP contribution in [0.1, 0.15) is 5.56 Å². The standard InChI is InChI=1S/C13H8BrClN2O/c14-9-3-1-8(2-4-9)13-16-11-6-5-10(15)7-12(11)18-17-13/h1-7H,(H,16,17). The van der Waals surface area contributed by atoms with Gasteiger partial charge in [0.15, 0.2) is 11.6 Å². The van der Waals surface area contributed by atoms with Crippen molar-refractivity contribution >= 4 is 39.1 Å². The van der Waals surface area contributed by atoms with Crippen molar-refractivity contribution in [2.45, 2.75) is 0 Å². The Labute approximate surface area is 118 Å². The molecule has 1 aliphatic rings. The minimum absolute atomic E-state index is 0.623. The second kappa shape index (κ2) is 4.63. The summed E-state index contributed by atoms with van der Waals surface area (Å²) in [5.41, 5.74) is 4.53. The molecule has 0 amide bonds. The Bertz CT molecular complexity index is 625. The molecule has 0 unspecified atom stereocenters. The van der Waals surface area contributed by atoms with E-state index in [4.69, 9.17) is 16.4 Å². The van der Waals surface area contributed by atoms with Gasteiger partial charge in [0.25, 0.3) is 0 Å². The Morgan fingerprint density at radius 3 is 2.67 bits per heavy atom. The van der Waals surface area contributed by atoms with Crippen molar-refractivity contribution in [3.8, 4) is 5.75 Å². The first-order valence-corrected chi connectivity index (χ1v) is 6.46. The molecule has 2 aromatic carbocycles. The highest BCUT2D eigenvalue weighted by molar-refractivity contribution is 9.10. The lowest BCUT2D eigenvalue weighted by molar-refractivity contribution is 0.259. The van der Waals surface area contributed by atoms with Gasteiger partial charge in [0, 0.05) is 21.1 Å². The van der Waals surface area contributed by atoms with Gasteiger partial charge in [-0.05, 0) is 24.3 Å². The Balaban J connectivity index is 2.00. The fourth-order valence-corrected chi connectivity index (χ4v) is 2.07. The van der Waals surface area contributed by atoms with Crippen LogP contribution in [0.15, 0.2) is 51.9 Å². The number of rotatable bonds is 1. The number of hydroxylamine groups is 1. The third-order valence-electron chi connectivity index (χ3n) is 2.53. The number of halogens is 2. The number of hydrogen-bond acceptors (Lipinski definition) is 3. The first-order valence-electron chi connectivity index (χ1n) is 5.29. The highest BCUT2D eigenvalue weighted by Gasteiger charge is 2.14. The summed E-state index contributed by atoms with van der Waals surface area (Å²) in [4.78, 5) is 9.92. The van der Waals surface area contributed by atoms with E-state index in [1.54, 1.807) is 12.1 Å². The molecule has 90 valence electrons. The van der Waals surface area contributed by atoms with E-state index >= 15 is 0 Å². The quantitative estimate of drug-likeness (QED) is 0.858. The van der Waals surface area contributed by atoms with Gasteiger partial charge in [-0.2, -0.15) is 0 Å². The van der Waals surface area contributed by atoms with Crippen molar-refractivity contribution in [1.82, 2.24) is 5.48 Å². The van der Waals surface area contributed by atoms with Gasteiger partial charge in [-0.15, -0.1) is 0 Å². The molecule has 0 fully saturated rings. The molecule has 0 bridgehead atoms. The van der Waals surface area contributed by atoms with Crippen LogP contribution in [0.2, 0.25) is 5.02 Å². The van der Waals surface area contributed by atoms with Gasteiger partial charge < -0.3 is 4.84 Å². The predicted octanol–water partition coefficient (Wildman–Crippen LogP) is 4.08. The molecule has 0 radical (unpaired) electrons. The molecule has 5 heteroatoms. The Hall–Kier alpha value is -1.52. The Kier molecular flexibility index (Phi) is 2.97. The minimum Gasteiger partial charge on any atom is -0.378 e. The Morgan fingerprint density at radius 2 is 1.89 bits per heavy atom. The maximum atomic E-state index is 5.89. The molecule has 0 atom stereocenters. The minimum atomic E-state index is 0.623. The normalized spacial score (nSPS) is 13.1. The molecule has 0 aliphatic carbocycles. The van der Waals surface area contributed by atoms with Gasteiger partial charge in [-0.1, -0.05) is 39.7 Å². The second-order valence-corrected chi connectivity index (χ2v) is 5.14. The molecule has 0 saturated heterocycles. The molecule has 0 spiro atoms. The smallest absolute Gasteiger partial charge is 0.182 e. The zero-order chi connectivity index (χ0) is 12.5. The molecular weight excluding hydrogens is 316 g/mol. The molecule has 3 nitrogen and oxygen atoms in total. The van der Waals surface area contributed by atoms with Crippen molar-refractivity contribution < 1.29 is 4.84 Å². The second-order valence-electron chi connectivity index (χ2n) is 3.78. The van der Waals surface area contributed by atoms with Crippen molar-refractivity contribution in [1.29, 1.82) is 0 Å². The lowest BCUT2D eigenvalue weighted by Gasteiger charge is -2.18. The largest absolute Gasteiger partial charge is 0.378 e. The van der Waals surface area contributed by atoms with Crippen molar-refractivity contribution in [3.05, 3.63) is 57.5 Å². The molecule has 1 heterocycles. The highest BCUT2D eigenvalue weighted by Crippen LogP contribution is 2.32. The van der Waals surface area contributed by atoms with Crippen molar-refractivity contribution in [3.63, 3.8) is 0 Å². The molecule has 1 N–H and O–H groups in total. The van der Waals surface area contributed by atoms with Gasteiger partial charge >= 0.3 is 0 Å². The van der Waals surface area contributed by atoms with Crippen LogP contribution >= 0.6 is 27.5 Å². The van der Waals surface area contributed by atoms with Gasteiger partial charge in [0.1, 0.15) is 5.69 Å². The molecule has 2 aromatic rings. The average molecular weight is 324 g/mol. The van der Waals surface area contributed by atoms with E-state index < -0.39 is 0 Å². The summed E-state index contributed by atoms with van der Waals surface area (Å²) >= 11 is 9.28. The van der Waals surface area contributed by atoms with Crippen LogP contribution in [-0.4, -0.2) is 5.84 Å². The molecule has 0 saturated carbocycles. The zero-order valence-corrected chi connectivity index (χ0v) is 11.5. The van der Waals surface area contributed by atoms with E-state index in [2.05, 4.69) is 26.4 Å². The summed E-state index contributed by atoms with van der Waals surface area (Å²) in [6.45, 7) is 0. The van der Waals surface area contributed by atoms with Gasteiger partial charge in [0.05, 0.1) is 0 Å². The number of amidine groups is 1. The summed E-state index contributed by atoms with van der Waals surface area (Å²) in [5.74, 6) is 1.31. The summed E-state index contributed by atoms with van der Waals surface area (Å²) in [7, 11) is 0. The van der Waals surface area contributed by atoms with Crippen LogP contribution in [0, 0.1) is 0 Å². The van der Waals surface area contributed by atoms with Crippen LogP contribution in [-0.2, 0) is 0 Å². The van der Waals surface area contributed by atoms with Crippen LogP contribution in [0.25, 0.3) is 0 Å². The fourth-order valence-electron chi connectivity index (χ4n) is 1.64. The molecule has 0 aromatic heterocycles. The molecule has 3 rings (SSSR count). The lowest BCUT2D eigenvalue weighted by atomic mass is 10.2. The zero-order valence-electron chi connectivity index (χ0n) is 9.15. The topological polar surface area (TPSA) is 33.6 Å². The SMILES string of the molecule is Clc1ccc2c(c1)ONC(c1ccc(Br)cc1)=N2. The van der Waals surface area contributed by atoms with E-state index in [0.717, 1.165) is 15.7 Å². The van der Waals surface area contributed by atoms with Crippen LogP contribution in [0.3, 0.4) is 0 Å². The fraction of sp³-hybridized carbons (Fsp3) is 0. The van der Waals surface area contributed by atoms with Gasteiger partial charge in [-0.25, -0.2) is 10.5 Å². The van der Waals surface area contributed by atoms with E-state index in [1.807, 2.05) is 30.3 Å². The number of aliphatic imine (C=N–C) groups is 1. The lowest BCUT2D eigenvalue weighted by Crippen LogP contribution is -2.30. The number of hydrogen-bond donors (Lipinski definition) is 1. The highest BCUT2D eigenvalue weighted by atomic mass is 79.9. The Morgan fingerprint density at radius 1 is 1.11 bits per heavy atom. The average Bonchev–Trinajstić information content (AvgIpc) is 2.39. The summed E-state index contributed by atoms with van der Waals surface area (Å²) in [5, 5.41) is 0.623. The summed E-state index contributed by atoms with van der Waals surface area (Å²) < 4.78 is 1.02. The monoisotopic (exact) mass is 322 g/mol. The van der Waals surface area contributed by atoms with Crippen LogP contribution in [0.5, 0.6) is 5.75 Å². The molecular formula is C13H8BrClN2O. The molecule has 1 aliphatic heterocycles. The van der Waals surface area contributed by atoms with Crippen LogP contribution < -0.4 is 10.3 Å². The van der Waals surface area contributed by atoms with Gasteiger partial charge in [-0.3, -0.25) is 0 Å². The number of nitrogens with one attached hydrogen (secondary N) is 1. The number of benzene rings is 2. The van der Waals surface area contributed by atoms with Crippen LogP contribution in [0.4, 0.5) is 5.69 Å². The first-order chi connectivity index (χ1) is 8.72. The van der Waals surface area contributed by atoms with Crippen molar-refractivity contribution in [2.24, 2.45) is 4.99 Å². The van der Waals surface area contributed by atoms with E-state index in [-0.39, 0.29) is 0 Å². The number of fused-ring (bicyclic) bond motifs is 1. The van der Waals surface area contributed by atoms with E-state index in [1.165, 1.54) is 0 Å². The number of nitrogens with zero attached hydrogens (tertiary/aromatic N) is 1. The van der Waals surface area contributed by atoms with Gasteiger partial charge in [0.2, 0.25) is 0 Å². The molecule has 18 heavy (non-hydrogen) atoms. The third kappa shape index (κ3) is 2.21. The summed E-state index contributed by atoms with van der Waals surface area (Å²) in [6.07, 6.45) is 0. The third-order valence-corrected chi connectivity index (χ3v) is 3.29. The summed E-state index contributed by atoms with van der Waals surface area (Å²) in [6, 6.07) is 13.2. The maximum Gasteiger partial charge on any atom is 0.182 e. The van der Waals surface area contributed by atoms with E-state index in [9.17, 15) is 0 Å².